The molecule has 2 amide bonds. The fraction of sp³-hybridized carbons (Fsp3) is 0.417. The second-order valence-electron chi connectivity index (χ2n) is 7.76. The van der Waals surface area contributed by atoms with Crippen LogP contribution < -0.4 is 5.32 Å². The summed E-state index contributed by atoms with van der Waals surface area (Å²) in [5, 5.41) is 4.24. The van der Waals surface area contributed by atoms with Gasteiger partial charge in [-0.25, -0.2) is 0 Å². The summed E-state index contributed by atoms with van der Waals surface area (Å²) in [5.74, 6) is 0.988. The van der Waals surface area contributed by atoms with Crippen molar-refractivity contribution >= 4 is 46.8 Å². The minimum atomic E-state index is -0.552. The average Bonchev–Trinajstić information content (AvgIpc) is 2.74. The van der Waals surface area contributed by atoms with Gasteiger partial charge in [0.2, 0.25) is 11.8 Å². The molecule has 0 bridgehead atoms. The first-order chi connectivity index (χ1) is 14.8. The Morgan fingerprint density at radius 2 is 1.58 bits per heavy atom. The Morgan fingerprint density at radius 3 is 2.13 bits per heavy atom. The molecule has 0 saturated heterocycles. The maximum absolute atomic E-state index is 13.2. The van der Waals surface area contributed by atoms with E-state index in [1.54, 1.807) is 11.0 Å². The first kappa shape index (κ1) is 25.6. The summed E-state index contributed by atoms with van der Waals surface area (Å²) in [5.41, 5.74) is 1.81. The van der Waals surface area contributed by atoms with Crippen molar-refractivity contribution in [1.29, 1.82) is 0 Å². The molecule has 0 aliphatic carbocycles. The van der Waals surface area contributed by atoms with Crippen molar-refractivity contribution in [2.24, 2.45) is 5.92 Å². The third-order valence-corrected chi connectivity index (χ3v) is 6.51. The second kappa shape index (κ2) is 13.0. The van der Waals surface area contributed by atoms with E-state index in [9.17, 15) is 9.59 Å². The minimum Gasteiger partial charge on any atom is -0.354 e. The molecule has 0 aromatic heterocycles. The molecule has 0 fully saturated rings. The van der Waals surface area contributed by atoms with Crippen LogP contribution in [-0.2, 0) is 21.9 Å². The molecule has 4 nitrogen and oxygen atoms in total. The SMILES string of the molecule is CC[C@@H](C(=O)NCC(C)C)N(Cc1ccccc1Cl)C(=O)CSCc1ccccc1Cl. The number of nitrogens with zero attached hydrogens (tertiary/aromatic N) is 1. The number of benzene rings is 2. The topological polar surface area (TPSA) is 49.4 Å². The van der Waals surface area contributed by atoms with Crippen molar-refractivity contribution in [3.63, 3.8) is 0 Å². The van der Waals surface area contributed by atoms with Crippen LogP contribution in [0.2, 0.25) is 10.0 Å². The highest BCUT2D eigenvalue weighted by atomic mass is 35.5. The summed E-state index contributed by atoms with van der Waals surface area (Å²) in [6.45, 7) is 6.87. The van der Waals surface area contributed by atoms with E-state index in [2.05, 4.69) is 5.32 Å². The number of rotatable bonds is 11. The van der Waals surface area contributed by atoms with Gasteiger partial charge in [-0.3, -0.25) is 9.59 Å². The molecule has 0 aliphatic heterocycles. The fourth-order valence-corrected chi connectivity index (χ4v) is 4.49. The number of nitrogens with one attached hydrogen (secondary N) is 1. The Labute approximate surface area is 199 Å². The van der Waals surface area contributed by atoms with E-state index in [0.29, 0.717) is 41.2 Å². The van der Waals surface area contributed by atoms with Gasteiger partial charge in [0.05, 0.1) is 5.75 Å². The maximum Gasteiger partial charge on any atom is 0.242 e. The van der Waals surface area contributed by atoms with E-state index in [-0.39, 0.29) is 17.6 Å². The lowest BCUT2D eigenvalue weighted by atomic mass is 10.1. The third-order valence-electron chi connectivity index (χ3n) is 4.81. The molecule has 0 unspecified atom stereocenters. The molecule has 0 saturated carbocycles. The zero-order valence-electron chi connectivity index (χ0n) is 18.2. The van der Waals surface area contributed by atoms with Gasteiger partial charge in [-0.15, -0.1) is 11.8 Å². The number of thioether (sulfide) groups is 1. The lowest BCUT2D eigenvalue weighted by Gasteiger charge is -2.31. The highest BCUT2D eigenvalue weighted by Crippen LogP contribution is 2.23. The van der Waals surface area contributed by atoms with Crippen LogP contribution in [0.15, 0.2) is 48.5 Å². The van der Waals surface area contributed by atoms with Crippen LogP contribution >= 0.6 is 35.0 Å². The third kappa shape index (κ3) is 8.06. The smallest absolute Gasteiger partial charge is 0.242 e. The largest absolute Gasteiger partial charge is 0.354 e. The maximum atomic E-state index is 13.2. The molecule has 2 aromatic carbocycles. The van der Waals surface area contributed by atoms with Crippen molar-refractivity contribution in [1.82, 2.24) is 10.2 Å². The Morgan fingerprint density at radius 1 is 1.00 bits per heavy atom. The van der Waals surface area contributed by atoms with Gasteiger partial charge < -0.3 is 10.2 Å². The van der Waals surface area contributed by atoms with Crippen LogP contribution in [0.3, 0.4) is 0 Å². The summed E-state index contributed by atoms with van der Waals surface area (Å²) in [7, 11) is 0. The van der Waals surface area contributed by atoms with Gasteiger partial charge in [0, 0.05) is 28.9 Å². The molecule has 0 aliphatic rings. The highest BCUT2D eigenvalue weighted by molar-refractivity contribution is 7.99. The molecule has 0 spiro atoms. The van der Waals surface area contributed by atoms with E-state index in [4.69, 9.17) is 23.2 Å². The molecule has 31 heavy (non-hydrogen) atoms. The van der Waals surface area contributed by atoms with Crippen molar-refractivity contribution in [3.05, 3.63) is 69.7 Å². The quantitative estimate of drug-likeness (QED) is 0.441. The highest BCUT2D eigenvalue weighted by Gasteiger charge is 2.29. The molecule has 0 heterocycles. The van der Waals surface area contributed by atoms with Crippen molar-refractivity contribution in [3.8, 4) is 0 Å². The van der Waals surface area contributed by atoms with Gasteiger partial charge in [0.25, 0.3) is 0 Å². The Bertz CT molecular complexity index is 876. The summed E-state index contributed by atoms with van der Waals surface area (Å²) in [6, 6.07) is 14.5. The van der Waals surface area contributed by atoms with Crippen LogP contribution in [0.4, 0.5) is 0 Å². The molecule has 0 radical (unpaired) electrons. The summed E-state index contributed by atoms with van der Waals surface area (Å²) in [6.07, 6.45) is 0.523. The molecule has 1 N–H and O–H groups in total. The monoisotopic (exact) mass is 480 g/mol. The van der Waals surface area contributed by atoms with E-state index in [1.165, 1.54) is 11.8 Å². The number of carbonyl (C=O) groups excluding carboxylic acids is 2. The zero-order chi connectivity index (χ0) is 22.8. The van der Waals surface area contributed by atoms with E-state index in [0.717, 1.165) is 11.1 Å². The number of hydrogen-bond acceptors (Lipinski definition) is 3. The minimum absolute atomic E-state index is 0.0940. The van der Waals surface area contributed by atoms with Gasteiger partial charge in [-0.2, -0.15) is 0 Å². The van der Waals surface area contributed by atoms with Crippen molar-refractivity contribution in [2.45, 2.75) is 45.5 Å². The first-order valence-electron chi connectivity index (χ1n) is 10.4. The summed E-state index contributed by atoms with van der Waals surface area (Å²) in [4.78, 5) is 27.8. The van der Waals surface area contributed by atoms with Crippen LogP contribution in [0.1, 0.15) is 38.3 Å². The Balaban J connectivity index is 2.14. The predicted octanol–water partition coefficient (Wildman–Crippen LogP) is 5.81. The normalized spacial score (nSPS) is 11.9. The van der Waals surface area contributed by atoms with Gasteiger partial charge in [-0.05, 0) is 35.6 Å². The summed E-state index contributed by atoms with van der Waals surface area (Å²) >= 11 is 14.1. The Kier molecular flexibility index (Phi) is 10.7. The molecule has 2 rings (SSSR count). The fourth-order valence-electron chi connectivity index (χ4n) is 3.10. The average molecular weight is 481 g/mol. The van der Waals surface area contributed by atoms with Gasteiger partial charge in [0.15, 0.2) is 0 Å². The number of amides is 2. The van der Waals surface area contributed by atoms with Crippen LogP contribution in [0, 0.1) is 5.92 Å². The molecule has 168 valence electrons. The van der Waals surface area contributed by atoms with Crippen molar-refractivity contribution < 1.29 is 9.59 Å². The lowest BCUT2D eigenvalue weighted by Crippen LogP contribution is -2.50. The standard InChI is InChI=1S/C24H30Cl2N2O2S/c1-4-22(24(30)27-13-17(2)3)28(14-18-9-5-7-11-20(18)25)23(29)16-31-15-19-10-6-8-12-21(19)26/h5-12,17,22H,4,13-16H2,1-3H3,(H,27,30)/t22-/m0/s1. The van der Waals surface area contributed by atoms with Crippen LogP contribution in [0.25, 0.3) is 0 Å². The van der Waals surface area contributed by atoms with E-state index >= 15 is 0 Å². The second-order valence-corrected chi connectivity index (χ2v) is 9.56. The molecular formula is C24H30Cl2N2O2S. The van der Waals surface area contributed by atoms with Gasteiger partial charge >= 0.3 is 0 Å². The van der Waals surface area contributed by atoms with E-state index in [1.807, 2.05) is 63.2 Å². The van der Waals surface area contributed by atoms with Crippen LogP contribution in [-0.4, -0.2) is 35.1 Å². The zero-order valence-corrected chi connectivity index (χ0v) is 20.6. The predicted molar refractivity (Wildman–Crippen MR) is 132 cm³/mol. The number of carbonyl (C=O) groups is 2. The van der Waals surface area contributed by atoms with Crippen molar-refractivity contribution in [2.75, 3.05) is 12.3 Å². The summed E-state index contributed by atoms with van der Waals surface area (Å²) < 4.78 is 0. The molecule has 7 heteroatoms. The lowest BCUT2D eigenvalue weighted by molar-refractivity contribution is -0.139. The van der Waals surface area contributed by atoms with Crippen LogP contribution in [0.5, 0.6) is 0 Å². The van der Waals surface area contributed by atoms with Gasteiger partial charge in [-0.1, -0.05) is 80.4 Å². The van der Waals surface area contributed by atoms with Gasteiger partial charge in [0.1, 0.15) is 6.04 Å². The Hall–Kier alpha value is -1.69. The van der Waals surface area contributed by atoms with E-state index < -0.39 is 6.04 Å². The number of halogens is 2. The number of hydrogen-bond donors (Lipinski definition) is 1. The molecule has 2 aromatic rings. The molecule has 1 atom stereocenters. The first-order valence-corrected chi connectivity index (χ1v) is 12.4. The molecular weight excluding hydrogens is 451 g/mol.